The van der Waals surface area contributed by atoms with Crippen LogP contribution in [0.3, 0.4) is 0 Å². The second-order valence-corrected chi connectivity index (χ2v) is 6.57. The Kier molecular flexibility index (Phi) is 3.71. The van der Waals surface area contributed by atoms with Crippen molar-refractivity contribution in [2.24, 2.45) is 13.0 Å². The fourth-order valence-electron chi connectivity index (χ4n) is 2.60. The van der Waals surface area contributed by atoms with E-state index < -0.39 is 0 Å². The molecule has 1 aliphatic carbocycles. The number of thiophene rings is 1. The lowest BCUT2D eigenvalue weighted by Crippen LogP contribution is -2.32. The molecular formula is C15H21N3S. The number of nitrogens with one attached hydrogen (secondary N) is 1. The summed E-state index contributed by atoms with van der Waals surface area (Å²) in [6.07, 6.45) is 8.01. The van der Waals surface area contributed by atoms with E-state index in [0.29, 0.717) is 6.04 Å². The molecule has 3 nitrogen and oxygen atoms in total. The molecule has 0 bridgehead atoms. The minimum Gasteiger partial charge on any atom is -0.336 e. The molecule has 19 heavy (non-hydrogen) atoms. The van der Waals surface area contributed by atoms with Crippen LogP contribution in [0.5, 0.6) is 0 Å². The van der Waals surface area contributed by atoms with Crippen molar-refractivity contribution >= 4 is 11.3 Å². The van der Waals surface area contributed by atoms with Gasteiger partial charge in [-0.05, 0) is 30.7 Å². The molecule has 0 radical (unpaired) electrons. The van der Waals surface area contributed by atoms with Crippen molar-refractivity contribution in [1.82, 2.24) is 14.9 Å². The van der Waals surface area contributed by atoms with Crippen LogP contribution < -0.4 is 5.32 Å². The Balaban J connectivity index is 1.78. The Hall–Kier alpha value is -1.13. The van der Waals surface area contributed by atoms with E-state index in [9.17, 15) is 0 Å². The lowest BCUT2D eigenvalue weighted by Gasteiger charge is -2.22. The molecule has 4 heteroatoms. The third-order valence-electron chi connectivity index (χ3n) is 3.78. The van der Waals surface area contributed by atoms with E-state index in [1.807, 2.05) is 12.4 Å². The van der Waals surface area contributed by atoms with Gasteiger partial charge in [0.1, 0.15) is 11.9 Å². The summed E-state index contributed by atoms with van der Waals surface area (Å²) < 4.78 is 2.11. The molecule has 1 aliphatic rings. The van der Waals surface area contributed by atoms with Crippen molar-refractivity contribution < 1.29 is 0 Å². The summed E-state index contributed by atoms with van der Waals surface area (Å²) in [6.45, 7) is 2.29. The van der Waals surface area contributed by atoms with Crippen molar-refractivity contribution in [2.45, 2.75) is 38.3 Å². The number of rotatable bonds is 6. The Morgan fingerprint density at radius 3 is 2.95 bits per heavy atom. The molecule has 2 aromatic rings. The largest absolute Gasteiger partial charge is 0.336 e. The quantitative estimate of drug-likeness (QED) is 0.876. The van der Waals surface area contributed by atoms with E-state index in [-0.39, 0.29) is 6.04 Å². The molecule has 3 rings (SSSR count). The fraction of sp³-hybridized carbons (Fsp3) is 0.533. The van der Waals surface area contributed by atoms with Crippen molar-refractivity contribution in [1.29, 1.82) is 0 Å². The van der Waals surface area contributed by atoms with Crippen molar-refractivity contribution in [2.75, 3.05) is 0 Å². The van der Waals surface area contributed by atoms with E-state index in [4.69, 9.17) is 0 Å². The van der Waals surface area contributed by atoms with Gasteiger partial charge in [-0.25, -0.2) is 4.98 Å². The smallest absolute Gasteiger partial charge is 0.131 e. The molecule has 0 aromatic carbocycles. The summed E-state index contributed by atoms with van der Waals surface area (Å²) in [5, 5.41) is 5.90. The minimum atomic E-state index is 0.216. The van der Waals surface area contributed by atoms with Gasteiger partial charge in [-0.2, -0.15) is 0 Å². The van der Waals surface area contributed by atoms with Crippen LogP contribution in [0.15, 0.2) is 29.9 Å². The molecule has 0 aliphatic heterocycles. The van der Waals surface area contributed by atoms with Gasteiger partial charge in [0.05, 0.1) is 0 Å². The van der Waals surface area contributed by atoms with Crippen LogP contribution in [-0.4, -0.2) is 15.6 Å². The molecule has 2 aromatic heterocycles. The normalized spacial score (nSPS) is 18.4. The number of imidazole rings is 1. The summed E-state index contributed by atoms with van der Waals surface area (Å²) in [4.78, 5) is 5.87. The Morgan fingerprint density at radius 2 is 2.37 bits per heavy atom. The first-order chi connectivity index (χ1) is 9.24. The molecule has 2 heterocycles. The van der Waals surface area contributed by atoms with Gasteiger partial charge in [0.25, 0.3) is 0 Å². The number of hydrogen-bond donors (Lipinski definition) is 1. The fourth-order valence-corrected chi connectivity index (χ4v) is 3.38. The van der Waals surface area contributed by atoms with Crippen LogP contribution in [0.4, 0.5) is 0 Å². The standard InChI is InChI=1S/C15H21N3S/c1-11(10-12-5-6-12)17-14(13-4-3-9-19-13)15-16-7-8-18(15)2/h3-4,7-9,11-12,14,17H,5-6,10H2,1-2H3. The van der Waals surface area contributed by atoms with Gasteiger partial charge in [-0.15, -0.1) is 11.3 Å². The predicted octanol–water partition coefficient (Wildman–Crippen LogP) is 3.35. The Labute approximate surface area is 118 Å². The molecule has 0 saturated heterocycles. The first-order valence-corrected chi connectivity index (χ1v) is 7.88. The predicted molar refractivity (Wildman–Crippen MR) is 79.3 cm³/mol. The van der Waals surface area contributed by atoms with E-state index >= 15 is 0 Å². The minimum absolute atomic E-state index is 0.216. The maximum atomic E-state index is 4.53. The van der Waals surface area contributed by atoms with Gasteiger partial charge in [-0.3, -0.25) is 0 Å². The summed E-state index contributed by atoms with van der Waals surface area (Å²) >= 11 is 1.80. The Bertz CT molecular complexity index is 513. The van der Waals surface area contributed by atoms with Crippen molar-refractivity contribution in [3.8, 4) is 0 Å². The molecule has 1 N–H and O–H groups in total. The topological polar surface area (TPSA) is 29.9 Å². The van der Waals surface area contributed by atoms with Crippen LogP contribution in [0.2, 0.25) is 0 Å². The van der Waals surface area contributed by atoms with Gasteiger partial charge in [0.2, 0.25) is 0 Å². The average Bonchev–Trinajstić information content (AvgIpc) is 2.90. The second kappa shape index (κ2) is 5.47. The Morgan fingerprint density at radius 1 is 1.53 bits per heavy atom. The number of aryl methyl sites for hydroxylation is 1. The summed E-state index contributed by atoms with van der Waals surface area (Å²) in [7, 11) is 2.07. The SMILES string of the molecule is CC(CC1CC1)NC(c1cccs1)c1nccn1C. The molecule has 0 spiro atoms. The van der Waals surface area contributed by atoms with Crippen LogP contribution in [0.25, 0.3) is 0 Å². The highest BCUT2D eigenvalue weighted by Gasteiger charge is 2.26. The molecule has 2 atom stereocenters. The van der Waals surface area contributed by atoms with Gasteiger partial charge in [0, 0.05) is 30.4 Å². The number of hydrogen-bond acceptors (Lipinski definition) is 3. The lowest BCUT2D eigenvalue weighted by atomic mass is 10.1. The number of aromatic nitrogens is 2. The zero-order chi connectivity index (χ0) is 13.2. The van der Waals surface area contributed by atoms with Gasteiger partial charge < -0.3 is 9.88 Å². The first kappa shape index (κ1) is 12.9. The zero-order valence-electron chi connectivity index (χ0n) is 11.5. The van der Waals surface area contributed by atoms with E-state index in [2.05, 4.69) is 46.4 Å². The van der Waals surface area contributed by atoms with E-state index in [1.54, 1.807) is 11.3 Å². The van der Waals surface area contributed by atoms with Crippen LogP contribution in [0.1, 0.15) is 42.9 Å². The van der Waals surface area contributed by atoms with E-state index in [0.717, 1.165) is 11.7 Å². The third kappa shape index (κ3) is 3.07. The van der Waals surface area contributed by atoms with Crippen LogP contribution >= 0.6 is 11.3 Å². The average molecular weight is 275 g/mol. The maximum absolute atomic E-state index is 4.53. The molecule has 1 saturated carbocycles. The summed E-state index contributed by atoms with van der Waals surface area (Å²) in [5.41, 5.74) is 0. The van der Waals surface area contributed by atoms with Crippen LogP contribution in [-0.2, 0) is 7.05 Å². The molecule has 102 valence electrons. The molecular weight excluding hydrogens is 254 g/mol. The highest BCUT2D eigenvalue weighted by molar-refractivity contribution is 7.10. The molecule has 0 amide bonds. The van der Waals surface area contributed by atoms with Crippen molar-refractivity contribution in [3.05, 3.63) is 40.6 Å². The number of nitrogens with zero attached hydrogens (tertiary/aromatic N) is 2. The summed E-state index contributed by atoms with van der Waals surface area (Å²) in [5.74, 6) is 2.05. The third-order valence-corrected chi connectivity index (χ3v) is 4.72. The maximum Gasteiger partial charge on any atom is 0.131 e. The monoisotopic (exact) mass is 275 g/mol. The van der Waals surface area contributed by atoms with Crippen molar-refractivity contribution in [3.63, 3.8) is 0 Å². The molecule has 2 unspecified atom stereocenters. The second-order valence-electron chi connectivity index (χ2n) is 5.59. The van der Waals surface area contributed by atoms with E-state index in [1.165, 1.54) is 24.1 Å². The van der Waals surface area contributed by atoms with Crippen LogP contribution in [0, 0.1) is 5.92 Å². The summed E-state index contributed by atoms with van der Waals surface area (Å²) in [6, 6.07) is 5.06. The van der Waals surface area contributed by atoms with Gasteiger partial charge in [-0.1, -0.05) is 18.9 Å². The molecule has 1 fully saturated rings. The van der Waals surface area contributed by atoms with Gasteiger partial charge in [0.15, 0.2) is 0 Å². The first-order valence-electron chi connectivity index (χ1n) is 7.00. The highest BCUT2D eigenvalue weighted by atomic mass is 32.1. The lowest BCUT2D eigenvalue weighted by molar-refractivity contribution is 0.440. The van der Waals surface area contributed by atoms with Gasteiger partial charge >= 0.3 is 0 Å². The zero-order valence-corrected chi connectivity index (χ0v) is 12.4. The highest BCUT2D eigenvalue weighted by Crippen LogP contribution is 2.34.